The van der Waals surface area contributed by atoms with Gasteiger partial charge in [0.2, 0.25) is 0 Å². The zero-order valence-corrected chi connectivity index (χ0v) is 18.0. The van der Waals surface area contributed by atoms with Crippen LogP contribution in [0, 0.1) is 0 Å². The third-order valence-electron chi connectivity index (χ3n) is 5.02. The molecular weight excluding hydrogens is 437 g/mol. The largest absolute Gasteiger partial charge is 0.496 e. The molecule has 2 aromatic carbocycles. The second-order valence-electron chi connectivity index (χ2n) is 7.34. The Kier molecular flexibility index (Phi) is 6.29. The first-order valence-electron chi connectivity index (χ1n) is 9.87. The standard InChI is InChI=1S/C23H21F3N4OS/c1-31-20-9-14(2-5-19(20)23(24,25)26)8-18(27)12-29-22-30-13-21(32-22)16-4-3-15-6-7-28-11-17(15)10-16/h2-7,9-11,13,18H,8,12,27H2,1H3,(H,29,30)/t18-/m0/s1. The highest BCUT2D eigenvalue weighted by atomic mass is 32.1. The van der Waals surface area contributed by atoms with Crippen LogP contribution in [0.2, 0.25) is 0 Å². The smallest absolute Gasteiger partial charge is 0.419 e. The van der Waals surface area contributed by atoms with E-state index in [1.54, 1.807) is 12.4 Å². The summed E-state index contributed by atoms with van der Waals surface area (Å²) in [6, 6.07) is 11.7. The van der Waals surface area contributed by atoms with Crippen molar-refractivity contribution in [3.63, 3.8) is 0 Å². The predicted octanol–water partition coefficient (Wildman–Crippen LogP) is 5.37. The van der Waals surface area contributed by atoms with Gasteiger partial charge in [-0.25, -0.2) is 4.98 Å². The molecule has 0 saturated heterocycles. The van der Waals surface area contributed by atoms with Crippen LogP contribution in [0.1, 0.15) is 11.1 Å². The second-order valence-corrected chi connectivity index (χ2v) is 8.38. The molecule has 3 N–H and O–H groups in total. The van der Waals surface area contributed by atoms with Crippen LogP contribution in [-0.2, 0) is 12.6 Å². The zero-order valence-electron chi connectivity index (χ0n) is 17.2. The van der Waals surface area contributed by atoms with Crippen molar-refractivity contribution in [2.45, 2.75) is 18.6 Å². The lowest BCUT2D eigenvalue weighted by Gasteiger charge is -2.16. The van der Waals surface area contributed by atoms with Gasteiger partial charge in [0.05, 0.1) is 17.6 Å². The molecular formula is C23H21F3N4OS. The van der Waals surface area contributed by atoms with Gasteiger partial charge in [0.15, 0.2) is 5.13 Å². The molecule has 2 aromatic heterocycles. The van der Waals surface area contributed by atoms with Gasteiger partial charge in [0, 0.05) is 36.6 Å². The lowest BCUT2D eigenvalue weighted by atomic mass is 10.0. The van der Waals surface area contributed by atoms with Crippen LogP contribution in [0.3, 0.4) is 0 Å². The Balaban J connectivity index is 1.38. The number of anilines is 1. The number of rotatable bonds is 7. The van der Waals surface area contributed by atoms with Gasteiger partial charge in [-0.1, -0.05) is 29.5 Å². The fraction of sp³-hybridized carbons (Fsp3) is 0.217. The van der Waals surface area contributed by atoms with Crippen LogP contribution in [0.15, 0.2) is 61.1 Å². The Hall–Kier alpha value is -3.17. The summed E-state index contributed by atoms with van der Waals surface area (Å²) in [5, 5.41) is 6.12. The number of hydrogen-bond acceptors (Lipinski definition) is 6. The van der Waals surface area contributed by atoms with Gasteiger partial charge in [-0.15, -0.1) is 0 Å². The summed E-state index contributed by atoms with van der Waals surface area (Å²) in [7, 11) is 1.22. The molecule has 5 nitrogen and oxygen atoms in total. The van der Waals surface area contributed by atoms with E-state index in [0.717, 1.165) is 32.4 Å². The number of hydrogen-bond donors (Lipinski definition) is 2. The lowest BCUT2D eigenvalue weighted by molar-refractivity contribution is -0.138. The fourth-order valence-electron chi connectivity index (χ4n) is 3.42. The number of ether oxygens (including phenoxy) is 1. The van der Waals surface area contributed by atoms with Crippen molar-refractivity contribution in [3.8, 4) is 16.2 Å². The fourth-order valence-corrected chi connectivity index (χ4v) is 4.24. The van der Waals surface area contributed by atoms with Gasteiger partial charge in [0.25, 0.3) is 0 Å². The van der Waals surface area contributed by atoms with Crippen LogP contribution in [-0.4, -0.2) is 29.7 Å². The maximum atomic E-state index is 13.0. The number of alkyl halides is 3. The number of nitrogens with zero attached hydrogens (tertiary/aromatic N) is 2. The second kappa shape index (κ2) is 9.13. The maximum absolute atomic E-state index is 13.0. The molecule has 0 aliphatic heterocycles. The van der Waals surface area contributed by atoms with Crippen molar-refractivity contribution >= 4 is 27.2 Å². The summed E-state index contributed by atoms with van der Waals surface area (Å²) in [5.74, 6) is -0.203. The highest BCUT2D eigenvalue weighted by Crippen LogP contribution is 2.36. The van der Waals surface area contributed by atoms with Crippen molar-refractivity contribution in [2.24, 2.45) is 5.73 Å². The number of aromatic nitrogens is 2. The number of nitrogens with one attached hydrogen (secondary N) is 1. The number of fused-ring (bicyclic) bond motifs is 1. The molecule has 1 atom stereocenters. The van der Waals surface area contributed by atoms with Crippen molar-refractivity contribution in [3.05, 3.63) is 72.2 Å². The number of thiazole rings is 1. The molecule has 0 aliphatic carbocycles. The highest BCUT2D eigenvalue weighted by Gasteiger charge is 2.34. The average molecular weight is 459 g/mol. The van der Waals surface area contributed by atoms with Gasteiger partial charge in [-0.05, 0) is 47.2 Å². The van der Waals surface area contributed by atoms with E-state index >= 15 is 0 Å². The minimum absolute atomic E-state index is 0.203. The van der Waals surface area contributed by atoms with Gasteiger partial charge in [0.1, 0.15) is 5.75 Å². The lowest BCUT2D eigenvalue weighted by Crippen LogP contribution is -2.31. The first-order valence-corrected chi connectivity index (χ1v) is 10.7. The third kappa shape index (κ3) is 5.00. The van der Waals surface area contributed by atoms with E-state index < -0.39 is 11.7 Å². The molecule has 2 heterocycles. The number of halogens is 3. The minimum Gasteiger partial charge on any atom is -0.496 e. The van der Waals surface area contributed by atoms with Crippen LogP contribution >= 0.6 is 11.3 Å². The summed E-state index contributed by atoms with van der Waals surface area (Å²) in [6.45, 7) is 0.429. The Morgan fingerprint density at radius 2 is 1.94 bits per heavy atom. The summed E-state index contributed by atoms with van der Waals surface area (Å²) >= 11 is 1.51. The topological polar surface area (TPSA) is 73.1 Å². The molecule has 0 spiro atoms. The minimum atomic E-state index is -4.46. The van der Waals surface area contributed by atoms with Gasteiger partial charge in [-0.3, -0.25) is 4.98 Å². The summed E-state index contributed by atoms with van der Waals surface area (Å²) in [4.78, 5) is 9.58. The number of benzene rings is 2. The van der Waals surface area contributed by atoms with Gasteiger partial charge >= 0.3 is 6.18 Å². The molecule has 4 rings (SSSR count). The highest BCUT2D eigenvalue weighted by molar-refractivity contribution is 7.18. The molecule has 32 heavy (non-hydrogen) atoms. The van der Waals surface area contributed by atoms with Gasteiger partial charge < -0.3 is 15.8 Å². The first kappa shape index (κ1) is 22.0. The molecule has 0 bridgehead atoms. The quantitative estimate of drug-likeness (QED) is 0.390. The summed E-state index contributed by atoms with van der Waals surface area (Å²) in [5.41, 5.74) is 7.13. The monoisotopic (exact) mass is 458 g/mol. The van der Waals surface area contributed by atoms with Crippen LogP contribution in [0.25, 0.3) is 21.2 Å². The summed E-state index contributed by atoms with van der Waals surface area (Å²) < 4.78 is 44.0. The molecule has 4 aromatic rings. The zero-order chi connectivity index (χ0) is 22.7. The molecule has 0 fully saturated rings. The number of methoxy groups -OCH3 is 1. The Morgan fingerprint density at radius 3 is 2.72 bits per heavy atom. The molecule has 0 saturated carbocycles. The molecule has 9 heteroatoms. The molecule has 0 radical (unpaired) electrons. The van der Waals surface area contributed by atoms with E-state index in [1.807, 2.05) is 24.4 Å². The predicted molar refractivity (Wildman–Crippen MR) is 121 cm³/mol. The maximum Gasteiger partial charge on any atom is 0.419 e. The van der Waals surface area contributed by atoms with Crippen molar-refractivity contribution < 1.29 is 17.9 Å². The molecule has 0 unspecified atom stereocenters. The van der Waals surface area contributed by atoms with Crippen molar-refractivity contribution in [1.29, 1.82) is 0 Å². The van der Waals surface area contributed by atoms with Crippen molar-refractivity contribution in [2.75, 3.05) is 19.0 Å². The van der Waals surface area contributed by atoms with Gasteiger partial charge in [-0.2, -0.15) is 13.2 Å². The SMILES string of the molecule is COc1cc(C[C@H](N)CNc2ncc(-c3ccc4ccncc4c3)s2)ccc1C(F)(F)F. The number of pyridine rings is 1. The normalized spacial score (nSPS) is 12.7. The third-order valence-corrected chi connectivity index (χ3v) is 6.02. The Labute approximate surface area is 187 Å². The van der Waals surface area contributed by atoms with E-state index in [4.69, 9.17) is 10.5 Å². The van der Waals surface area contributed by atoms with E-state index in [-0.39, 0.29) is 11.8 Å². The van der Waals surface area contributed by atoms with Crippen LogP contribution in [0.4, 0.5) is 18.3 Å². The van der Waals surface area contributed by atoms with E-state index in [2.05, 4.69) is 21.4 Å². The van der Waals surface area contributed by atoms with E-state index in [9.17, 15) is 13.2 Å². The summed E-state index contributed by atoms with van der Waals surface area (Å²) in [6.07, 6.45) is 1.33. The first-order chi connectivity index (χ1) is 15.3. The van der Waals surface area contributed by atoms with Crippen molar-refractivity contribution in [1.82, 2.24) is 9.97 Å². The molecule has 166 valence electrons. The van der Waals surface area contributed by atoms with E-state index in [1.165, 1.54) is 30.6 Å². The van der Waals surface area contributed by atoms with Crippen LogP contribution in [0.5, 0.6) is 5.75 Å². The molecule has 0 aliphatic rings. The number of nitrogens with two attached hydrogens (primary N) is 1. The Bertz CT molecular complexity index is 1230. The Morgan fingerprint density at radius 1 is 1.09 bits per heavy atom. The van der Waals surface area contributed by atoms with E-state index in [0.29, 0.717) is 18.5 Å². The van der Waals surface area contributed by atoms with Crippen LogP contribution < -0.4 is 15.8 Å². The average Bonchev–Trinajstić information content (AvgIpc) is 3.25. The molecule has 0 amide bonds.